The van der Waals surface area contributed by atoms with Crippen molar-refractivity contribution >= 4 is 65.4 Å². The molecule has 1 aliphatic heterocycles. The maximum Gasteiger partial charge on any atom is 0.100 e. The number of rotatable bonds is 2. The molecule has 0 fully saturated rings. The summed E-state index contributed by atoms with van der Waals surface area (Å²) in [6, 6.07) is 23.4. The van der Waals surface area contributed by atoms with E-state index in [1.54, 1.807) is 0 Å². The van der Waals surface area contributed by atoms with Crippen molar-refractivity contribution in [1.29, 1.82) is 0 Å². The summed E-state index contributed by atoms with van der Waals surface area (Å²) in [6.45, 7) is 20.0. The molecule has 0 unspecified atom stereocenters. The quantitative estimate of drug-likeness (QED) is 0.205. The lowest BCUT2D eigenvalue weighted by molar-refractivity contribution is 0.331. The van der Waals surface area contributed by atoms with Gasteiger partial charge in [-0.3, -0.25) is 0 Å². The van der Waals surface area contributed by atoms with E-state index < -0.39 is 0 Å². The summed E-state index contributed by atoms with van der Waals surface area (Å²) in [5, 5.41) is 2.58. The number of hydrogen-bond acceptors (Lipinski definition) is 2. The lowest BCUT2D eigenvalue weighted by atomic mass is 9.63. The van der Waals surface area contributed by atoms with Gasteiger partial charge in [-0.05, 0) is 143 Å². The van der Waals surface area contributed by atoms with Gasteiger partial charge >= 0.3 is 0 Å². The van der Waals surface area contributed by atoms with Crippen LogP contribution in [0.3, 0.4) is 0 Å². The summed E-state index contributed by atoms with van der Waals surface area (Å²) in [6.07, 6.45) is 4.82. The minimum Gasteiger partial charge on any atom is -0.321 e. The van der Waals surface area contributed by atoms with Crippen LogP contribution in [0.15, 0.2) is 69.6 Å². The van der Waals surface area contributed by atoms with Crippen molar-refractivity contribution in [3.05, 3.63) is 91.9 Å². The Hall–Kier alpha value is -2.30. The average molecular weight is 701 g/mol. The summed E-state index contributed by atoms with van der Waals surface area (Å²) in [4.78, 5) is 5.08. The molecule has 0 amide bonds. The van der Waals surface area contributed by atoms with Gasteiger partial charge in [0.25, 0.3) is 0 Å². The molecule has 4 aromatic rings. The Labute approximate surface area is 275 Å². The van der Waals surface area contributed by atoms with Crippen LogP contribution in [0.4, 0.5) is 22.7 Å². The zero-order valence-electron chi connectivity index (χ0n) is 27.0. The van der Waals surface area contributed by atoms with Gasteiger partial charge in [-0.2, -0.15) is 0 Å². The Morgan fingerprint density at radius 2 is 0.837 bits per heavy atom. The molecule has 4 heteroatoms. The number of anilines is 4. The molecular weight excluding hydrogens is 656 g/mol. The molecule has 0 saturated heterocycles. The van der Waals surface area contributed by atoms with E-state index in [-0.39, 0.29) is 21.7 Å². The van der Waals surface area contributed by atoms with Crippen LogP contribution in [0.1, 0.15) is 103 Å². The molecule has 0 N–H and O–H groups in total. The molecule has 0 aromatic heterocycles. The second kappa shape index (κ2) is 9.60. The van der Waals surface area contributed by atoms with E-state index in [1.165, 1.54) is 90.4 Å². The second-order valence-corrected chi connectivity index (χ2v) is 17.6. The molecule has 0 atom stereocenters. The fourth-order valence-corrected chi connectivity index (χ4v) is 9.14. The van der Waals surface area contributed by atoms with Gasteiger partial charge in [0, 0.05) is 14.3 Å². The summed E-state index contributed by atoms with van der Waals surface area (Å²) >= 11 is 8.17. The minimum absolute atomic E-state index is 0.138. The Morgan fingerprint density at radius 3 is 1.21 bits per heavy atom. The molecule has 224 valence electrons. The van der Waals surface area contributed by atoms with Gasteiger partial charge in [0.1, 0.15) is 6.67 Å². The van der Waals surface area contributed by atoms with Crippen molar-refractivity contribution in [2.45, 2.75) is 103 Å². The molecule has 0 saturated carbocycles. The molecule has 2 aliphatic carbocycles. The summed E-state index contributed by atoms with van der Waals surface area (Å²) in [5.74, 6) is 0. The van der Waals surface area contributed by atoms with Crippen molar-refractivity contribution in [1.82, 2.24) is 0 Å². The topological polar surface area (TPSA) is 6.48 Å². The molecular formula is C39H44Br2N2. The predicted molar refractivity (Wildman–Crippen MR) is 192 cm³/mol. The van der Waals surface area contributed by atoms with Crippen LogP contribution in [-0.4, -0.2) is 6.67 Å². The highest BCUT2D eigenvalue weighted by Crippen LogP contribution is 2.54. The Kier molecular flexibility index (Phi) is 6.57. The van der Waals surface area contributed by atoms with Gasteiger partial charge in [0.15, 0.2) is 0 Å². The minimum atomic E-state index is 0.138. The van der Waals surface area contributed by atoms with E-state index in [4.69, 9.17) is 0 Å². The average Bonchev–Trinajstić information content (AvgIpc) is 2.94. The van der Waals surface area contributed by atoms with Crippen LogP contribution in [0.2, 0.25) is 0 Å². The molecule has 2 nitrogen and oxygen atoms in total. The van der Waals surface area contributed by atoms with Crippen molar-refractivity contribution in [3.63, 3.8) is 0 Å². The highest BCUT2D eigenvalue weighted by molar-refractivity contribution is 9.11. The first kappa shape index (κ1) is 29.4. The van der Waals surface area contributed by atoms with E-state index in [0.29, 0.717) is 0 Å². The second-order valence-electron chi connectivity index (χ2n) is 15.9. The maximum absolute atomic E-state index is 4.09. The number of nitrogens with zero attached hydrogens (tertiary/aromatic N) is 2. The van der Waals surface area contributed by atoms with Crippen LogP contribution < -0.4 is 9.80 Å². The predicted octanol–water partition coefficient (Wildman–Crippen LogP) is 12.3. The molecule has 0 bridgehead atoms. The fraction of sp³-hybridized carbons (Fsp3) is 0.436. The Morgan fingerprint density at radius 1 is 0.488 bits per heavy atom. The molecule has 0 radical (unpaired) electrons. The van der Waals surface area contributed by atoms with Crippen LogP contribution in [-0.2, 0) is 21.7 Å². The highest BCUT2D eigenvalue weighted by atomic mass is 79.9. The van der Waals surface area contributed by atoms with E-state index in [9.17, 15) is 0 Å². The summed E-state index contributed by atoms with van der Waals surface area (Å²) in [5.41, 5.74) is 11.6. The molecule has 7 rings (SSSR count). The van der Waals surface area contributed by atoms with Gasteiger partial charge < -0.3 is 9.80 Å². The van der Waals surface area contributed by atoms with Crippen molar-refractivity contribution < 1.29 is 0 Å². The van der Waals surface area contributed by atoms with Gasteiger partial charge in [0.05, 0.1) is 22.7 Å². The zero-order valence-corrected chi connectivity index (χ0v) is 30.1. The van der Waals surface area contributed by atoms with Crippen LogP contribution in [0, 0.1) is 0 Å². The van der Waals surface area contributed by atoms with E-state index in [0.717, 1.165) is 6.67 Å². The summed E-state index contributed by atoms with van der Waals surface area (Å²) in [7, 11) is 0. The van der Waals surface area contributed by atoms with E-state index >= 15 is 0 Å². The normalized spacial score (nSPS) is 21.0. The third-order valence-electron chi connectivity index (χ3n) is 11.1. The molecule has 43 heavy (non-hydrogen) atoms. The van der Waals surface area contributed by atoms with Gasteiger partial charge in [0.2, 0.25) is 0 Å². The molecule has 1 heterocycles. The van der Waals surface area contributed by atoms with Crippen molar-refractivity contribution in [2.75, 3.05) is 16.5 Å². The lowest BCUT2D eigenvalue weighted by Gasteiger charge is -2.45. The third-order valence-corrected chi connectivity index (χ3v) is 12.4. The molecule has 0 spiro atoms. The maximum atomic E-state index is 4.09. The van der Waals surface area contributed by atoms with Crippen molar-refractivity contribution in [2.24, 2.45) is 0 Å². The van der Waals surface area contributed by atoms with Crippen LogP contribution in [0.5, 0.6) is 0 Å². The highest BCUT2D eigenvalue weighted by Gasteiger charge is 2.40. The third kappa shape index (κ3) is 4.52. The largest absolute Gasteiger partial charge is 0.321 e. The number of fused-ring (bicyclic) bond motifs is 2. The first-order valence-electron chi connectivity index (χ1n) is 15.9. The standard InChI is InChI=1S/C39H44Br2N2/c1-36(2)15-17-38(5,6)27-21-33(29(40)19-25(27)36)42-23-43(32-14-10-12-24-11-9-13-31(42)35(24)32)34-22-28-26(20-30(34)41)37(3,4)16-18-39(28,7)8/h9-14,19-22H,15-18,23H2,1-8H3. The fourth-order valence-electron chi connectivity index (χ4n) is 8.02. The first-order valence-corrected chi connectivity index (χ1v) is 17.5. The lowest BCUT2D eigenvalue weighted by Crippen LogP contribution is -2.38. The molecule has 4 aromatic carbocycles. The van der Waals surface area contributed by atoms with E-state index in [2.05, 4.69) is 158 Å². The summed E-state index contributed by atoms with van der Waals surface area (Å²) < 4.78 is 2.33. The SMILES string of the molecule is CC1(C)CCC(C)(C)c2cc(N3CN(c4cc5c(cc4Br)C(C)(C)CCC5(C)C)c4cccc5cccc3c45)c(Br)cc21. The first-order chi connectivity index (χ1) is 20.1. The van der Waals surface area contributed by atoms with Crippen LogP contribution >= 0.6 is 31.9 Å². The number of halogens is 2. The van der Waals surface area contributed by atoms with Gasteiger partial charge in [-0.15, -0.1) is 0 Å². The molecule has 3 aliphatic rings. The van der Waals surface area contributed by atoms with E-state index in [1.807, 2.05) is 0 Å². The van der Waals surface area contributed by atoms with Crippen LogP contribution in [0.25, 0.3) is 10.8 Å². The van der Waals surface area contributed by atoms with Gasteiger partial charge in [-0.25, -0.2) is 0 Å². The van der Waals surface area contributed by atoms with Gasteiger partial charge in [-0.1, -0.05) is 79.7 Å². The smallest absolute Gasteiger partial charge is 0.100 e. The van der Waals surface area contributed by atoms with Crippen molar-refractivity contribution in [3.8, 4) is 0 Å². The monoisotopic (exact) mass is 698 g/mol. The Bertz CT molecular complexity index is 1670. The Balaban J connectivity index is 1.46. The number of hydrogen-bond donors (Lipinski definition) is 0. The zero-order chi connectivity index (χ0) is 30.7. The number of benzene rings is 4.